The number of carbonyl (C=O) groups is 3. The van der Waals surface area contributed by atoms with E-state index in [1.54, 1.807) is 0 Å². The van der Waals surface area contributed by atoms with Crippen molar-refractivity contribution in [2.45, 2.75) is 329 Å². The molecular formula is C68H120O6. The van der Waals surface area contributed by atoms with Crippen molar-refractivity contribution < 1.29 is 28.6 Å². The first-order valence-corrected chi connectivity index (χ1v) is 31.9. The van der Waals surface area contributed by atoms with E-state index in [1.807, 2.05) is 0 Å². The Morgan fingerprint density at radius 3 is 0.824 bits per heavy atom. The highest BCUT2D eigenvalue weighted by molar-refractivity contribution is 5.71. The number of hydrogen-bond acceptors (Lipinski definition) is 6. The molecule has 0 N–H and O–H groups in total. The van der Waals surface area contributed by atoms with E-state index in [0.29, 0.717) is 19.3 Å². The van der Waals surface area contributed by atoms with Gasteiger partial charge in [-0.05, 0) is 89.9 Å². The number of rotatable bonds is 58. The maximum absolute atomic E-state index is 12.8. The van der Waals surface area contributed by atoms with Gasteiger partial charge in [0.05, 0.1) is 0 Å². The molecule has 0 aromatic heterocycles. The molecule has 428 valence electrons. The van der Waals surface area contributed by atoms with Crippen LogP contribution in [-0.2, 0) is 28.6 Å². The van der Waals surface area contributed by atoms with Crippen molar-refractivity contribution in [1.82, 2.24) is 0 Å². The fourth-order valence-electron chi connectivity index (χ4n) is 9.17. The Morgan fingerprint density at radius 1 is 0.284 bits per heavy atom. The molecule has 0 amide bonds. The summed E-state index contributed by atoms with van der Waals surface area (Å²) in [5.74, 6) is -0.898. The van der Waals surface area contributed by atoms with Crippen molar-refractivity contribution in [3.8, 4) is 0 Å². The van der Waals surface area contributed by atoms with E-state index in [0.717, 1.165) is 103 Å². The van der Waals surface area contributed by atoms with Gasteiger partial charge < -0.3 is 14.2 Å². The van der Waals surface area contributed by atoms with Crippen molar-refractivity contribution >= 4 is 17.9 Å². The number of unbranched alkanes of at least 4 members (excludes halogenated alkanes) is 35. The third kappa shape index (κ3) is 59.7. The third-order valence-electron chi connectivity index (χ3n) is 13.9. The Hall–Kier alpha value is -3.15. The van der Waals surface area contributed by atoms with Gasteiger partial charge in [-0.25, -0.2) is 0 Å². The molecule has 0 aliphatic rings. The standard InChI is InChI=1S/C68H120O6/c1-4-7-10-13-16-19-21-23-25-27-28-29-30-31-32-33-34-35-36-37-38-39-40-42-43-45-47-49-52-55-58-61-67(70)73-64-65(63-72-66(69)60-57-54-51-18-15-12-9-6-3)74-68(71)62-59-56-53-50-48-46-44-41-26-24-22-20-17-14-11-8-5-2/h8,11,17,20-21,23-24,26-28,44,46,65H,4-7,9-10,12-16,18-19,22,25,29-43,45,47-64H2,1-3H3/b11-8-,20-17-,23-21-,26-24-,28-27-,46-44-. The van der Waals surface area contributed by atoms with E-state index in [1.165, 1.54) is 180 Å². The van der Waals surface area contributed by atoms with Crippen molar-refractivity contribution in [2.75, 3.05) is 13.2 Å². The fourth-order valence-corrected chi connectivity index (χ4v) is 9.17. The smallest absolute Gasteiger partial charge is 0.306 e. The molecule has 6 nitrogen and oxygen atoms in total. The summed E-state index contributed by atoms with van der Waals surface area (Å²) in [4.78, 5) is 38.1. The van der Waals surface area contributed by atoms with Crippen LogP contribution in [0.1, 0.15) is 323 Å². The summed E-state index contributed by atoms with van der Waals surface area (Å²) >= 11 is 0. The van der Waals surface area contributed by atoms with Crippen LogP contribution in [0.2, 0.25) is 0 Å². The van der Waals surface area contributed by atoms with Gasteiger partial charge in [-0.15, -0.1) is 0 Å². The van der Waals surface area contributed by atoms with E-state index in [9.17, 15) is 14.4 Å². The predicted molar refractivity (Wildman–Crippen MR) is 321 cm³/mol. The highest BCUT2D eigenvalue weighted by Crippen LogP contribution is 2.17. The van der Waals surface area contributed by atoms with E-state index >= 15 is 0 Å². The molecule has 0 bridgehead atoms. The van der Waals surface area contributed by atoms with E-state index < -0.39 is 6.10 Å². The Balaban J connectivity index is 4.08. The van der Waals surface area contributed by atoms with Crippen LogP contribution in [0.25, 0.3) is 0 Å². The molecule has 74 heavy (non-hydrogen) atoms. The Morgan fingerprint density at radius 2 is 0.527 bits per heavy atom. The summed E-state index contributed by atoms with van der Waals surface area (Å²) in [6.45, 7) is 6.49. The lowest BCUT2D eigenvalue weighted by Crippen LogP contribution is -2.30. The van der Waals surface area contributed by atoms with E-state index in [2.05, 4.69) is 93.7 Å². The van der Waals surface area contributed by atoms with Crippen molar-refractivity contribution in [3.05, 3.63) is 72.9 Å². The van der Waals surface area contributed by atoms with Crippen LogP contribution in [-0.4, -0.2) is 37.2 Å². The molecule has 0 spiro atoms. The average Bonchev–Trinajstić information content (AvgIpc) is 3.40. The average molecular weight is 1030 g/mol. The zero-order chi connectivity index (χ0) is 53.6. The Kier molecular flexibility index (Phi) is 59.7. The van der Waals surface area contributed by atoms with Gasteiger partial charge in [-0.2, -0.15) is 0 Å². The fraction of sp³-hybridized carbons (Fsp3) is 0.779. The topological polar surface area (TPSA) is 78.9 Å². The van der Waals surface area contributed by atoms with E-state index in [-0.39, 0.29) is 31.1 Å². The number of allylic oxidation sites excluding steroid dienone is 12. The largest absolute Gasteiger partial charge is 0.462 e. The monoisotopic (exact) mass is 1030 g/mol. The first kappa shape index (κ1) is 70.8. The normalized spacial score (nSPS) is 12.5. The number of hydrogen-bond donors (Lipinski definition) is 0. The summed E-state index contributed by atoms with van der Waals surface area (Å²) in [5, 5.41) is 0. The summed E-state index contributed by atoms with van der Waals surface area (Å²) < 4.78 is 16.8. The summed E-state index contributed by atoms with van der Waals surface area (Å²) in [5.41, 5.74) is 0. The summed E-state index contributed by atoms with van der Waals surface area (Å²) in [7, 11) is 0. The van der Waals surface area contributed by atoms with Crippen LogP contribution < -0.4 is 0 Å². The molecule has 0 saturated carbocycles. The second kappa shape index (κ2) is 62.4. The zero-order valence-electron chi connectivity index (χ0n) is 49.1. The lowest BCUT2D eigenvalue weighted by atomic mass is 10.0. The maximum Gasteiger partial charge on any atom is 0.306 e. The second-order valence-corrected chi connectivity index (χ2v) is 21.3. The minimum absolute atomic E-state index is 0.0820. The maximum atomic E-state index is 12.8. The van der Waals surface area contributed by atoms with Gasteiger partial charge in [0.15, 0.2) is 6.10 Å². The molecule has 0 aliphatic heterocycles. The highest BCUT2D eigenvalue weighted by atomic mass is 16.6. The van der Waals surface area contributed by atoms with Gasteiger partial charge in [0.2, 0.25) is 0 Å². The molecule has 0 saturated heterocycles. The van der Waals surface area contributed by atoms with Crippen LogP contribution >= 0.6 is 0 Å². The second-order valence-electron chi connectivity index (χ2n) is 21.3. The number of carbonyl (C=O) groups excluding carboxylic acids is 3. The van der Waals surface area contributed by atoms with Crippen molar-refractivity contribution in [3.63, 3.8) is 0 Å². The molecule has 0 heterocycles. The SMILES string of the molecule is CC/C=C\C/C=C\C/C=C\C/C=C\CCCCCCC(=O)OC(COC(=O)CCCCCCCCCC)COC(=O)CCCCCCCCCCCCCCCCCCCCC/C=C\C/C=C\CCCCCCC. The molecule has 0 fully saturated rings. The van der Waals surface area contributed by atoms with Gasteiger partial charge in [0, 0.05) is 19.3 Å². The molecule has 0 aromatic rings. The molecule has 0 aromatic carbocycles. The van der Waals surface area contributed by atoms with Crippen LogP contribution in [0.5, 0.6) is 0 Å². The van der Waals surface area contributed by atoms with Gasteiger partial charge in [-0.1, -0.05) is 286 Å². The molecule has 0 rings (SSSR count). The highest BCUT2D eigenvalue weighted by Gasteiger charge is 2.19. The lowest BCUT2D eigenvalue weighted by molar-refractivity contribution is -0.167. The number of ether oxygens (including phenoxy) is 3. The van der Waals surface area contributed by atoms with Crippen molar-refractivity contribution in [1.29, 1.82) is 0 Å². The van der Waals surface area contributed by atoms with E-state index in [4.69, 9.17) is 14.2 Å². The van der Waals surface area contributed by atoms with Crippen LogP contribution in [0.15, 0.2) is 72.9 Å². The molecule has 1 atom stereocenters. The van der Waals surface area contributed by atoms with Crippen LogP contribution in [0.3, 0.4) is 0 Å². The molecule has 0 aliphatic carbocycles. The molecular weight excluding hydrogens is 913 g/mol. The minimum atomic E-state index is -0.785. The van der Waals surface area contributed by atoms with Crippen LogP contribution in [0, 0.1) is 0 Å². The molecule has 1 unspecified atom stereocenters. The lowest BCUT2D eigenvalue weighted by Gasteiger charge is -2.18. The van der Waals surface area contributed by atoms with Gasteiger partial charge in [0.1, 0.15) is 13.2 Å². The predicted octanol–water partition coefficient (Wildman–Crippen LogP) is 21.7. The molecule has 6 heteroatoms. The summed E-state index contributed by atoms with van der Waals surface area (Å²) in [6.07, 6.45) is 80.8. The Labute approximate surface area is 459 Å². The Bertz CT molecular complexity index is 1370. The first-order chi connectivity index (χ1) is 36.5. The third-order valence-corrected chi connectivity index (χ3v) is 13.9. The molecule has 0 radical (unpaired) electrons. The van der Waals surface area contributed by atoms with Gasteiger partial charge in [0.25, 0.3) is 0 Å². The quantitative estimate of drug-likeness (QED) is 0.0261. The summed E-state index contributed by atoms with van der Waals surface area (Å²) in [6, 6.07) is 0. The first-order valence-electron chi connectivity index (χ1n) is 31.9. The van der Waals surface area contributed by atoms with Gasteiger partial charge >= 0.3 is 17.9 Å². The minimum Gasteiger partial charge on any atom is -0.462 e. The van der Waals surface area contributed by atoms with Crippen LogP contribution in [0.4, 0.5) is 0 Å². The number of esters is 3. The van der Waals surface area contributed by atoms with Crippen molar-refractivity contribution in [2.24, 2.45) is 0 Å². The zero-order valence-corrected chi connectivity index (χ0v) is 49.1. The van der Waals surface area contributed by atoms with Gasteiger partial charge in [-0.3, -0.25) is 14.4 Å².